The van der Waals surface area contributed by atoms with Crippen molar-refractivity contribution in [1.82, 2.24) is 35.0 Å². The summed E-state index contributed by atoms with van der Waals surface area (Å²) in [6.45, 7) is 13.8. The first kappa shape index (κ1) is 42.1. The van der Waals surface area contributed by atoms with Crippen molar-refractivity contribution >= 4 is 52.6 Å². The Morgan fingerprint density at radius 1 is 0.905 bits per heavy atom. The lowest BCUT2D eigenvalue weighted by atomic mass is 9.95. The van der Waals surface area contributed by atoms with Crippen molar-refractivity contribution in [2.24, 2.45) is 5.92 Å². The van der Waals surface area contributed by atoms with Crippen molar-refractivity contribution in [3.63, 3.8) is 0 Å². The number of fused-ring (bicyclic) bond motifs is 1. The fraction of sp³-hybridized carbons (Fsp3) is 0.457. The maximum absolute atomic E-state index is 14.9. The van der Waals surface area contributed by atoms with Gasteiger partial charge in [0.2, 0.25) is 17.8 Å². The van der Waals surface area contributed by atoms with Gasteiger partial charge in [-0.25, -0.2) is 24.1 Å². The van der Waals surface area contributed by atoms with Crippen LogP contribution < -0.4 is 25.8 Å². The zero-order chi connectivity index (χ0) is 43.8. The van der Waals surface area contributed by atoms with Gasteiger partial charge in [-0.1, -0.05) is 0 Å². The van der Waals surface area contributed by atoms with Crippen molar-refractivity contribution in [3.8, 4) is 11.3 Å². The quantitative estimate of drug-likeness (QED) is 0.170. The zero-order valence-electron chi connectivity index (χ0n) is 36.0. The minimum Gasteiger partial charge on any atom is -0.372 e. The number of imide groups is 1. The number of nitrogens with one attached hydrogen (secondary N) is 3. The molecule has 0 aliphatic carbocycles. The highest BCUT2D eigenvalue weighted by Gasteiger charge is 2.40. The van der Waals surface area contributed by atoms with E-state index in [4.69, 9.17) is 14.7 Å². The lowest BCUT2D eigenvalue weighted by molar-refractivity contribution is -0.136. The van der Waals surface area contributed by atoms with Crippen LogP contribution in [0.3, 0.4) is 0 Å². The molecule has 9 rings (SSSR count). The predicted octanol–water partition coefficient (Wildman–Crippen LogP) is 5.17. The Kier molecular flexibility index (Phi) is 12.0. The molecule has 7 heterocycles. The van der Waals surface area contributed by atoms with Crippen molar-refractivity contribution < 1.29 is 28.3 Å². The molecule has 0 radical (unpaired) electrons. The van der Waals surface area contributed by atoms with Gasteiger partial charge in [-0.2, -0.15) is 0 Å². The van der Waals surface area contributed by atoms with E-state index in [9.17, 15) is 23.6 Å². The summed E-state index contributed by atoms with van der Waals surface area (Å²) in [7, 11) is 0. The minimum absolute atomic E-state index is 0.0114. The Balaban J connectivity index is 0.732. The van der Waals surface area contributed by atoms with Crippen molar-refractivity contribution in [2.45, 2.75) is 71.2 Å². The Morgan fingerprint density at radius 2 is 1.67 bits per heavy atom. The number of likely N-dealkylation sites (tertiary alicyclic amines) is 1. The van der Waals surface area contributed by atoms with Crippen LogP contribution in [0.25, 0.3) is 11.3 Å². The molecule has 0 bridgehead atoms. The maximum Gasteiger partial charge on any atom is 0.322 e. The largest absolute Gasteiger partial charge is 0.372 e. The SMILES string of the molecule is Cc1c(NC(=O)N2CC(OC(C)C)C2)cc(F)cc1-c1ccnc(Nc2ccc(N3CCN(CC4CCN(c5ccc6c(n5)CN(C5CCC(=O)NC5=O)C6=O)CC4)CC3)cc2)n1. The second-order valence-electron chi connectivity index (χ2n) is 17.5. The van der Waals surface area contributed by atoms with Crippen LogP contribution >= 0.6 is 0 Å². The smallest absolute Gasteiger partial charge is 0.322 e. The number of carbonyl (C=O) groups excluding carboxylic acids is 4. The number of hydrogen-bond acceptors (Lipinski definition) is 12. The van der Waals surface area contributed by atoms with E-state index >= 15 is 0 Å². The van der Waals surface area contributed by atoms with Gasteiger partial charge in [0.25, 0.3) is 5.91 Å². The van der Waals surface area contributed by atoms with Crippen molar-refractivity contribution in [1.29, 1.82) is 0 Å². The number of rotatable bonds is 11. The Hall–Kier alpha value is -6.20. The van der Waals surface area contributed by atoms with Crippen LogP contribution in [0.2, 0.25) is 0 Å². The number of urea groups is 1. The molecular weight excluding hydrogens is 806 g/mol. The summed E-state index contributed by atoms with van der Waals surface area (Å²) in [6, 6.07) is 15.5. The number of carbonyl (C=O) groups is 4. The van der Waals surface area contributed by atoms with Gasteiger partial charge in [-0.05, 0) is 106 Å². The fourth-order valence-electron chi connectivity index (χ4n) is 9.30. The first-order chi connectivity index (χ1) is 30.4. The number of aromatic nitrogens is 3. The maximum atomic E-state index is 14.9. The fourth-order valence-corrected chi connectivity index (χ4v) is 9.30. The molecule has 4 aromatic rings. The highest BCUT2D eigenvalue weighted by Crippen LogP contribution is 2.33. The summed E-state index contributed by atoms with van der Waals surface area (Å²) in [5, 5.41) is 8.52. The molecule has 16 nitrogen and oxygen atoms in total. The zero-order valence-corrected chi connectivity index (χ0v) is 36.0. The first-order valence-electron chi connectivity index (χ1n) is 22.0. The molecule has 4 fully saturated rings. The molecule has 17 heteroatoms. The van der Waals surface area contributed by atoms with Crippen LogP contribution in [0.5, 0.6) is 0 Å². The van der Waals surface area contributed by atoms with E-state index in [1.807, 2.05) is 45.0 Å². The first-order valence-corrected chi connectivity index (χ1v) is 22.0. The summed E-state index contributed by atoms with van der Waals surface area (Å²) in [4.78, 5) is 74.6. The number of benzene rings is 2. The number of hydrogen-bond donors (Lipinski definition) is 3. The number of amides is 5. The monoisotopic (exact) mass is 859 g/mol. The Morgan fingerprint density at radius 3 is 2.40 bits per heavy atom. The molecule has 5 aliphatic heterocycles. The van der Waals surface area contributed by atoms with Gasteiger partial charge in [-0.3, -0.25) is 24.6 Å². The lowest BCUT2D eigenvalue weighted by Gasteiger charge is -2.40. The molecule has 2 aromatic heterocycles. The van der Waals surface area contributed by atoms with Gasteiger partial charge in [-0.15, -0.1) is 0 Å². The van der Waals surface area contributed by atoms with E-state index in [2.05, 4.69) is 47.8 Å². The molecule has 0 saturated carbocycles. The van der Waals surface area contributed by atoms with Crippen LogP contribution in [-0.4, -0.2) is 131 Å². The van der Waals surface area contributed by atoms with Gasteiger partial charge in [0.15, 0.2) is 0 Å². The molecule has 63 heavy (non-hydrogen) atoms. The molecule has 3 N–H and O–H groups in total. The third-order valence-corrected chi connectivity index (χ3v) is 12.8. The highest BCUT2D eigenvalue weighted by molar-refractivity contribution is 6.05. The predicted molar refractivity (Wildman–Crippen MR) is 236 cm³/mol. The summed E-state index contributed by atoms with van der Waals surface area (Å²) in [5.74, 6) is 0.456. The van der Waals surface area contributed by atoms with Crippen LogP contribution in [-0.2, 0) is 20.9 Å². The third-order valence-electron chi connectivity index (χ3n) is 12.8. The minimum atomic E-state index is -0.644. The number of piperazine rings is 1. The number of ether oxygens (including phenoxy) is 1. The number of anilines is 5. The molecule has 2 aromatic carbocycles. The van der Waals surface area contributed by atoms with E-state index in [0.29, 0.717) is 65.1 Å². The molecule has 4 saturated heterocycles. The standard InChI is InChI=1S/C46H54FN11O5/c1-28(2)63-34-25-57(26-34)46(62)52-38-23-31(47)22-36(29(38)3)37-12-15-48-45(51-37)49-32-4-6-33(7-5-32)55-20-18-54(19-21-55)24-30-13-16-56(17-14-30)41-10-8-35-39(50-41)27-58(44(35)61)40-9-11-42(59)53-43(40)60/h4-8,10,12,15,22-23,28,30,34,40H,9,11,13-14,16-21,24-27H2,1-3H3,(H,52,62)(H,48,49,51)(H,53,59,60). The average molecular weight is 860 g/mol. The molecular formula is C46H54FN11O5. The Labute approximate surface area is 366 Å². The molecule has 1 atom stereocenters. The van der Waals surface area contributed by atoms with E-state index in [1.54, 1.807) is 22.1 Å². The van der Waals surface area contributed by atoms with Crippen molar-refractivity contribution in [2.75, 3.05) is 79.3 Å². The second kappa shape index (κ2) is 17.9. The highest BCUT2D eigenvalue weighted by atomic mass is 19.1. The lowest BCUT2D eigenvalue weighted by Crippen LogP contribution is -2.56. The van der Waals surface area contributed by atoms with Crippen LogP contribution in [0.15, 0.2) is 60.8 Å². The van der Waals surface area contributed by atoms with Gasteiger partial charge < -0.3 is 35.0 Å². The van der Waals surface area contributed by atoms with Crippen molar-refractivity contribution in [3.05, 3.63) is 83.4 Å². The van der Waals surface area contributed by atoms with Gasteiger partial charge in [0.1, 0.15) is 17.7 Å². The number of piperidine rings is 2. The van der Waals surface area contributed by atoms with Crippen LogP contribution in [0.1, 0.15) is 61.1 Å². The van der Waals surface area contributed by atoms with Gasteiger partial charge in [0, 0.05) is 81.1 Å². The average Bonchev–Trinajstić information content (AvgIpc) is 3.58. The molecule has 5 aliphatic rings. The second-order valence-corrected chi connectivity index (χ2v) is 17.5. The van der Waals surface area contributed by atoms with Crippen LogP contribution in [0, 0.1) is 18.7 Å². The molecule has 0 spiro atoms. The molecule has 1 unspecified atom stereocenters. The molecule has 5 amide bonds. The van der Waals surface area contributed by atoms with Gasteiger partial charge >= 0.3 is 6.03 Å². The third kappa shape index (κ3) is 9.30. The van der Waals surface area contributed by atoms with E-state index in [-0.39, 0.29) is 43.0 Å². The van der Waals surface area contributed by atoms with E-state index in [1.165, 1.54) is 12.1 Å². The summed E-state index contributed by atoms with van der Waals surface area (Å²) in [6.07, 6.45) is 4.43. The van der Waals surface area contributed by atoms with E-state index < -0.39 is 17.8 Å². The van der Waals surface area contributed by atoms with Crippen LogP contribution in [0.4, 0.5) is 38.0 Å². The van der Waals surface area contributed by atoms with E-state index in [0.717, 1.165) is 75.8 Å². The van der Waals surface area contributed by atoms with Gasteiger partial charge in [0.05, 0.1) is 48.8 Å². The summed E-state index contributed by atoms with van der Waals surface area (Å²) in [5.41, 5.74) is 5.40. The topological polar surface area (TPSA) is 168 Å². The summed E-state index contributed by atoms with van der Waals surface area (Å²) < 4.78 is 20.7. The molecule has 330 valence electrons. The normalized spacial score (nSPS) is 20.0. The number of pyridine rings is 1. The summed E-state index contributed by atoms with van der Waals surface area (Å²) >= 11 is 0. The Bertz CT molecular complexity index is 2380. The number of halogens is 1. The number of nitrogens with zero attached hydrogens (tertiary/aromatic N) is 8.